The van der Waals surface area contributed by atoms with E-state index in [0.717, 1.165) is 9.87 Å². The van der Waals surface area contributed by atoms with E-state index in [2.05, 4.69) is 29.1 Å². The van der Waals surface area contributed by atoms with Gasteiger partial charge in [0, 0.05) is 6.20 Å². The third kappa shape index (κ3) is 4.89. The minimum Gasteiger partial charge on any atom is -0.431 e. The normalized spacial score (nSPS) is 12.3. The largest absolute Gasteiger partial charge is 0.535 e. The van der Waals surface area contributed by atoms with E-state index in [1.165, 1.54) is 0 Å². The van der Waals surface area contributed by atoms with E-state index >= 15 is 0 Å². The zero-order valence-electron chi connectivity index (χ0n) is 14.3. The standard InChI is InChI=1S/C17H18N4O3S2/c1-12(2)15(25-26-16-9-5-6-10-18-16)11-23-17(22)24-21-14-8-4-3-7-13(14)19-20-21/h3-10,12,15H,11H2,1-2H3/t15-/m1/s1. The quantitative estimate of drug-likeness (QED) is 0.342. The zero-order valence-corrected chi connectivity index (χ0v) is 15.9. The topological polar surface area (TPSA) is 79.1 Å². The van der Waals surface area contributed by atoms with Crippen LogP contribution in [0.15, 0.2) is 53.7 Å². The highest BCUT2D eigenvalue weighted by molar-refractivity contribution is 8.76. The highest BCUT2D eigenvalue weighted by Crippen LogP contribution is 2.36. The van der Waals surface area contributed by atoms with Crippen molar-refractivity contribution in [2.45, 2.75) is 24.1 Å². The summed E-state index contributed by atoms with van der Waals surface area (Å²) in [6.07, 6.45) is 0.943. The molecule has 0 N–H and O–H groups in total. The first kappa shape index (κ1) is 18.5. The summed E-state index contributed by atoms with van der Waals surface area (Å²) >= 11 is 0. The molecule has 0 saturated heterocycles. The van der Waals surface area contributed by atoms with Crippen LogP contribution in [0.4, 0.5) is 4.79 Å². The highest BCUT2D eigenvalue weighted by atomic mass is 33.1. The third-order valence-corrected chi connectivity index (χ3v) is 6.47. The number of carbonyl (C=O) groups excluding carboxylic acids is 1. The van der Waals surface area contributed by atoms with E-state index in [-0.39, 0.29) is 11.9 Å². The fourth-order valence-corrected chi connectivity index (χ4v) is 4.60. The number of aromatic nitrogens is 4. The Morgan fingerprint density at radius 2 is 2.00 bits per heavy atom. The molecule has 0 bridgehead atoms. The molecule has 0 amide bonds. The lowest BCUT2D eigenvalue weighted by atomic mass is 10.1. The van der Waals surface area contributed by atoms with Crippen LogP contribution in [-0.4, -0.2) is 38.2 Å². The maximum atomic E-state index is 12.0. The van der Waals surface area contributed by atoms with Crippen LogP contribution in [0.3, 0.4) is 0 Å². The summed E-state index contributed by atoms with van der Waals surface area (Å²) in [6.45, 7) is 4.39. The van der Waals surface area contributed by atoms with Gasteiger partial charge in [-0.2, -0.15) is 0 Å². The number of hydrogen-bond acceptors (Lipinski definition) is 8. The van der Waals surface area contributed by atoms with Gasteiger partial charge < -0.3 is 4.74 Å². The molecule has 2 heterocycles. The van der Waals surface area contributed by atoms with E-state index in [4.69, 9.17) is 9.57 Å². The van der Waals surface area contributed by atoms with Crippen LogP contribution in [0, 0.1) is 5.92 Å². The van der Waals surface area contributed by atoms with Gasteiger partial charge in [-0.3, -0.25) is 4.84 Å². The van der Waals surface area contributed by atoms with Gasteiger partial charge in [0.05, 0.1) is 5.25 Å². The van der Waals surface area contributed by atoms with Crippen LogP contribution in [0.2, 0.25) is 0 Å². The Bertz CT molecular complexity index is 857. The van der Waals surface area contributed by atoms with E-state index in [1.54, 1.807) is 39.9 Å². The van der Waals surface area contributed by atoms with Gasteiger partial charge in [0.1, 0.15) is 22.7 Å². The van der Waals surface area contributed by atoms with Crippen LogP contribution in [0.1, 0.15) is 13.8 Å². The third-order valence-electron chi connectivity index (χ3n) is 3.49. The molecule has 7 nitrogen and oxygen atoms in total. The molecular formula is C17H18N4O3S2. The van der Waals surface area contributed by atoms with Gasteiger partial charge in [0.15, 0.2) is 0 Å². The first-order chi connectivity index (χ1) is 12.6. The van der Waals surface area contributed by atoms with Crippen molar-refractivity contribution in [1.82, 2.24) is 20.1 Å². The number of benzene rings is 1. The number of hydrogen-bond donors (Lipinski definition) is 0. The number of fused-ring (bicyclic) bond motifs is 1. The lowest BCUT2D eigenvalue weighted by molar-refractivity contribution is 0.0382. The molecule has 0 aliphatic rings. The summed E-state index contributed by atoms with van der Waals surface area (Å²) in [5.41, 5.74) is 1.24. The van der Waals surface area contributed by atoms with E-state index < -0.39 is 6.16 Å². The van der Waals surface area contributed by atoms with Crippen molar-refractivity contribution in [3.05, 3.63) is 48.7 Å². The predicted octanol–water partition coefficient (Wildman–Crippen LogP) is 3.86. The molecule has 0 unspecified atom stereocenters. The van der Waals surface area contributed by atoms with Gasteiger partial charge in [0.2, 0.25) is 0 Å². The number of para-hydroxylation sites is 1. The van der Waals surface area contributed by atoms with Crippen LogP contribution >= 0.6 is 21.6 Å². The van der Waals surface area contributed by atoms with E-state index in [9.17, 15) is 4.79 Å². The number of nitrogens with zero attached hydrogens (tertiary/aromatic N) is 4. The monoisotopic (exact) mass is 390 g/mol. The lowest BCUT2D eigenvalue weighted by Gasteiger charge is -2.18. The molecule has 1 aromatic carbocycles. The predicted molar refractivity (Wildman–Crippen MR) is 102 cm³/mol. The zero-order chi connectivity index (χ0) is 18.4. The van der Waals surface area contributed by atoms with Gasteiger partial charge in [-0.05, 0) is 46.2 Å². The molecule has 0 radical (unpaired) electrons. The molecule has 0 aliphatic carbocycles. The van der Waals surface area contributed by atoms with Crippen molar-refractivity contribution < 1.29 is 14.4 Å². The average Bonchev–Trinajstić information content (AvgIpc) is 3.05. The Morgan fingerprint density at radius 3 is 2.77 bits per heavy atom. The first-order valence-electron chi connectivity index (χ1n) is 8.03. The second kappa shape index (κ2) is 8.91. The summed E-state index contributed by atoms with van der Waals surface area (Å²) < 4.78 is 5.27. The maximum Gasteiger partial charge on any atom is 0.535 e. The Balaban J connectivity index is 1.52. The number of carbonyl (C=O) groups is 1. The minimum atomic E-state index is -0.810. The molecule has 26 heavy (non-hydrogen) atoms. The molecule has 3 rings (SSSR count). The Morgan fingerprint density at radius 1 is 1.19 bits per heavy atom. The molecule has 0 spiro atoms. The molecule has 0 fully saturated rings. The number of pyridine rings is 1. The van der Waals surface area contributed by atoms with Crippen LogP contribution in [-0.2, 0) is 4.74 Å². The van der Waals surface area contributed by atoms with Crippen molar-refractivity contribution in [3.63, 3.8) is 0 Å². The second-order valence-corrected chi connectivity index (χ2v) is 8.19. The Kier molecular flexibility index (Phi) is 6.35. The van der Waals surface area contributed by atoms with Crippen molar-refractivity contribution in [2.75, 3.05) is 6.61 Å². The number of rotatable bonds is 7. The van der Waals surface area contributed by atoms with Crippen LogP contribution < -0.4 is 4.84 Å². The smallest absolute Gasteiger partial charge is 0.431 e. The van der Waals surface area contributed by atoms with Gasteiger partial charge in [-0.15, -0.1) is 5.10 Å². The van der Waals surface area contributed by atoms with Crippen molar-refractivity contribution in [2.24, 2.45) is 5.92 Å². The lowest BCUT2D eigenvalue weighted by Crippen LogP contribution is -2.26. The maximum absolute atomic E-state index is 12.0. The van der Waals surface area contributed by atoms with E-state index in [1.807, 2.05) is 30.3 Å². The average molecular weight is 390 g/mol. The van der Waals surface area contributed by atoms with Crippen LogP contribution in [0.25, 0.3) is 11.0 Å². The van der Waals surface area contributed by atoms with Crippen LogP contribution in [0.5, 0.6) is 0 Å². The van der Waals surface area contributed by atoms with Crippen molar-refractivity contribution in [3.8, 4) is 0 Å². The fourth-order valence-electron chi connectivity index (χ4n) is 2.00. The summed E-state index contributed by atoms with van der Waals surface area (Å²) in [6, 6.07) is 13.0. The second-order valence-electron chi connectivity index (χ2n) is 5.73. The fraction of sp³-hybridized carbons (Fsp3) is 0.294. The van der Waals surface area contributed by atoms with Gasteiger partial charge in [-0.25, -0.2) is 9.78 Å². The Labute approximate surface area is 158 Å². The molecule has 0 aliphatic heterocycles. The van der Waals surface area contributed by atoms with Gasteiger partial charge in [0.25, 0.3) is 0 Å². The highest BCUT2D eigenvalue weighted by Gasteiger charge is 2.19. The Hall–Kier alpha value is -2.26. The molecule has 3 aromatic rings. The van der Waals surface area contributed by atoms with Gasteiger partial charge >= 0.3 is 6.16 Å². The van der Waals surface area contributed by atoms with Gasteiger partial charge in [-0.1, -0.05) is 47.7 Å². The SMILES string of the molecule is CC(C)[C@@H](COC(=O)On1nnc2ccccc21)SSc1ccccn1. The molecule has 136 valence electrons. The summed E-state index contributed by atoms with van der Waals surface area (Å²) in [4.78, 5) is 22.5. The number of ether oxygens (including phenoxy) is 1. The minimum absolute atomic E-state index is 0.0991. The first-order valence-corrected chi connectivity index (χ1v) is 10.2. The summed E-state index contributed by atoms with van der Waals surface area (Å²) in [5.74, 6) is 0.316. The van der Waals surface area contributed by atoms with E-state index in [0.29, 0.717) is 17.0 Å². The molecule has 2 aromatic heterocycles. The molecule has 1 atom stereocenters. The summed E-state index contributed by atoms with van der Waals surface area (Å²) in [7, 11) is 3.18. The molecule has 9 heteroatoms. The molecular weight excluding hydrogens is 372 g/mol. The van der Waals surface area contributed by atoms with Crippen molar-refractivity contribution in [1.29, 1.82) is 0 Å². The molecule has 0 saturated carbocycles. The van der Waals surface area contributed by atoms with Crippen molar-refractivity contribution >= 4 is 38.8 Å². The summed E-state index contributed by atoms with van der Waals surface area (Å²) in [5, 5.41) is 8.74.